The highest BCUT2D eigenvalue weighted by Crippen LogP contribution is 2.27. The van der Waals surface area contributed by atoms with Crippen LogP contribution in [-0.4, -0.2) is 31.0 Å². The normalized spacial score (nSPS) is 11.3. The third-order valence-electron chi connectivity index (χ3n) is 4.09. The van der Waals surface area contributed by atoms with Gasteiger partial charge in [0.2, 0.25) is 5.91 Å². The molecule has 3 rings (SSSR count). The molecule has 0 saturated heterocycles. The van der Waals surface area contributed by atoms with Gasteiger partial charge >= 0.3 is 0 Å². The van der Waals surface area contributed by atoms with E-state index in [0.717, 1.165) is 0 Å². The van der Waals surface area contributed by atoms with Crippen LogP contribution in [-0.2, 0) is 21.2 Å². The molecule has 2 heterocycles. The Bertz CT molecular complexity index is 1160. The summed E-state index contributed by atoms with van der Waals surface area (Å²) in [5, 5.41) is 7.34. The van der Waals surface area contributed by atoms with Crippen LogP contribution in [0.2, 0.25) is 0 Å². The molecular weight excluding hydrogens is 426 g/mol. The first kappa shape index (κ1) is 21.7. The lowest BCUT2D eigenvalue weighted by atomic mass is 10.2. The summed E-state index contributed by atoms with van der Waals surface area (Å²) in [6, 6.07) is 9.59. The summed E-state index contributed by atoms with van der Waals surface area (Å²) < 4.78 is 30.6. The molecule has 10 heteroatoms. The minimum absolute atomic E-state index is 0.00905. The smallest absolute Gasteiger partial charge is 0.258 e. The van der Waals surface area contributed by atoms with Crippen molar-refractivity contribution in [3.63, 3.8) is 0 Å². The summed E-state index contributed by atoms with van der Waals surface area (Å²) in [5.74, 6) is 0.342. The first-order valence-corrected chi connectivity index (χ1v) is 11.8. The van der Waals surface area contributed by atoms with E-state index in [1.54, 1.807) is 36.6 Å². The minimum atomic E-state index is -3.55. The maximum absolute atomic E-state index is 12.7. The molecule has 0 aliphatic carbocycles. The monoisotopic (exact) mass is 447 g/mol. The fourth-order valence-electron chi connectivity index (χ4n) is 2.74. The van der Waals surface area contributed by atoms with Crippen LogP contribution < -0.4 is 10.6 Å². The molecule has 0 aliphatic heterocycles. The first-order valence-electron chi connectivity index (χ1n) is 9.22. The Labute approximate surface area is 178 Å². The number of nitrogens with zero attached hydrogens (tertiary/aromatic N) is 1. The summed E-state index contributed by atoms with van der Waals surface area (Å²) in [4.78, 5) is 28.1. The molecule has 2 amide bonds. The molecule has 158 valence electrons. The van der Waals surface area contributed by atoms with Gasteiger partial charge in [0, 0.05) is 12.3 Å². The van der Waals surface area contributed by atoms with Crippen LogP contribution in [0.3, 0.4) is 0 Å². The van der Waals surface area contributed by atoms with Crippen molar-refractivity contribution < 1.29 is 22.4 Å². The molecular formula is C20H21N3O5S2. The fourth-order valence-corrected chi connectivity index (χ4v) is 4.97. The van der Waals surface area contributed by atoms with E-state index in [4.69, 9.17) is 4.42 Å². The van der Waals surface area contributed by atoms with Gasteiger partial charge in [-0.3, -0.25) is 14.9 Å². The SMILES string of the molecule is CCCS(=O)(=O)c1ccccc1C(=O)Nc1nc(-c2ccc(CNC(C)=O)o2)cs1. The molecule has 0 unspecified atom stereocenters. The number of furan rings is 1. The molecule has 0 spiro atoms. The Hall–Kier alpha value is -2.98. The van der Waals surface area contributed by atoms with E-state index >= 15 is 0 Å². The van der Waals surface area contributed by atoms with Crippen molar-refractivity contribution >= 4 is 38.1 Å². The van der Waals surface area contributed by atoms with Crippen LogP contribution in [0.5, 0.6) is 0 Å². The van der Waals surface area contributed by atoms with Crippen molar-refractivity contribution in [3.8, 4) is 11.5 Å². The number of hydrogen-bond donors (Lipinski definition) is 2. The minimum Gasteiger partial charge on any atom is -0.458 e. The Balaban J connectivity index is 1.76. The number of rotatable bonds is 8. The summed E-state index contributed by atoms with van der Waals surface area (Å²) in [6.07, 6.45) is 0.460. The lowest BCUT2D eigenvalue weighted by Crippen LogP contribution is -2.18. The molecule has 2 aromatic heterocycles. The molecule has 3 aromatic rings. The van der Waals surface area contributed by atoms with Gasteiger partial charge < -0.3 is 9.73 Å². The van der Waals surface area contributed by atoms with Crippen molar-refractivity contribution in [3.05, 3.63) is 53.1 Å². The zero-order valence-electron chi connectivity index (χ0n) is 16.5. The summed E-state index contributed by atoms with van der Waals surface area (Å²) >= 11 is 1.20. The number of hydrogen-bond acceptors (Lipinski definition) is 7. The van der Waals surface area contributed by atoms with E-state index in [2.05, 4.69) is 15.6 Å². The van der Waals surface area contributed by atoms with E-state index in [1.165, 1.54) is 30.4 Å². The largest absolute Gasteiger partial charge is 0.458 e. The molecule has 0 bridgehead atoms. The van der Waals surface area contributed by atoms with Gasteiger partial charge in [0.1, 0.15) is 11.5 Å². The molecule has 0 aliphatic rings. The summed E-state index contributed by atoms with van der Waals surface area (Å²) in [7, 11) is -3.55. The van der Waals surface area contributed by atoms with Crippen molar-refractivity contribution in [2.75, 3.05) is 11.1 Å². The van der Waals surface area contributed by atoms with E-state index in [1.807, 2.05) is 0 Å². The summed E-state index contributed by atoms with van der Waals surface area (Å²) in [5.41, 5.74) is 0.606. The number of anilines is 1. The van der Waals surface area contributed by atoms with Gasteiger partial charge in [0.05, 0.1) is 22.8 Å². The maximum atomic E-state index is 12.7. The fraction of sp³-hybridized carbons (Fsp3) is 0.250. The van der Waals surface area contributed by atoms with Gasteiger partial charge in [-0.15, -0.1) is 11.3 Å². The Morgan fingerprint density at radius 3 is 2.67 bits per heavy atom. The average molecular weight is 448 g/mol. The molecule has 2 N–H and O–H groups in total. The number of nitrogens with one attached hydrogen (secondary N) is 2. The predicted molar refractivity (Wildman–Crippen MR) is 114 cm³/mol. The van der Waals surface area contributed by atoms with Crippen molar-refractivity contribution in [2.45, 2.75) is 31.7 Å². The standard InChI is InChI=1S/C20H21N3O5S2/c1-3-10-30(26,27)18-7-5-4-6-15(18)19(25)23-20-22-16(12-29-20)17-9-8-14(28-17)11-21-13(2)24/h4-9,12H,3,10-11H2,1-2H3,(H,21,24)(H,22,23,25). The molecule has 0 fully saturated rings. The van der Waals surface area contributed by atoms with Crippen LogP contribution in [0.15, 0.2) is 51.1 Å². The van der Waals surface area contributed by atoms with E-state index < -0.39 is 15.7 Å². The van der Waals surface area contributed by atoms with Crippen LogP contribution in [0.1, 0.15) is 36.4 Å². The highest BCUT2D eigenvalue weighted by Gasteiger charge is 2.22. The number of sulfone groups is 1. The van der Waals surface area contributed by atoms with Gasteiger partial charge in [0.15, 0.2) is 20.7 Å². The zero-order chi connectivity index (χ0) is 21.7. The zero-order valence-corrected chi connectivity index (χ0v) is 18.1. The molecule has 0 saturated carbocycles. The summed E-state index contributed by atoms with van der Waals surface area (Å²) in [6.45, 7) is 3.46. The third kappa shape index (κ3) is 5.14. The van der Waals surface area contributed by atoms with E-state index in [-0.39, 0.29) is 28.7 Å². The lowest BCUT2D eigenvalue weighted by molar-refractivity contribution is -0.119. The van der Waals surface area contributed by atoms with Crippen molar-refractivity contribution in [1.82, 2.24) is 10.3 Å². The Morgan fingerprint density at radius 1 is 1.17 bits per heavy atom. The Morgan fingerprint density at radius 2 is 1.93 bits per heavy atom. The van der Waals surface area contributed by atoms with Crippen LogP contribution in [0, 0.1) is 0 Å². The maximum Gasteiger partial charge on any atom is 0.258 e. The van der Waals surface area contributed by atoms with Crippen molar-refractivity contribution in [1.29, 1.82) is 0 Å². The number of carbonyl (C=O) groups is 2. The molecule has 0 radical (unpaired) electrons. The van der Waals surface area contributed by atoms with Crippen LogP contribution in [0.4, 0.5) is 5.13 Å². The topological polar surface area (TPSA) is 118 Å². The van der Waals surface area contributed by atoms with E-state index in [9.17, 15) is 18.0 Å². The predicted octanol–water partition coefficient (Wildman–Crippen LogP) is 3.48. The van der Waals surface area contributed by atoms with E-state index in [0.29, 0.717) is 28.8 Å². The third-order valence-corrected chi connectivity index (χ3v) is 6.82. The second kappa shape index (κ2) is 9.23. The van der Waals surface area contributed by atoms with Gasteiger partial charge in [-0.2, -0.15) is 0 Å². The van der Waals surface area contributed by atoms with Gasteiger partial charge in [0.25, 0.3) is 5.91 Å². The molecule has 0 atom stereocenters. The highest BCUT2D eigenvalue weighted by molar-refractivity contribution is 7.91. The molecule has 30 heavy (non-hydrogen) atoms. The van der Waals surface area contributed by atoms with Crippen molar-refractivity contribution in [2.24, 2.45) is 0 Å². The van der Waals surface area contributed by atoms with Gasteiger partial charge in [-0.25, -0.2) is 13.4 Å². The lowest BCUT2D eigenvalue weighted by Gasteiger charge is -2.09. The highest BCUT2D eigenvalue weighted by atomic mass is 32.2. The first-order chi connectivity index (χ1) is 14.3. The number of amides is 2. The van der Waals surface area contributed by atoms with Gasteiger partial charge in [-0.05, 0) is 30.7 Å². The number of thiazole rings is 1. The number of carbonyl (C=O) groups excluding carboxylic acids is 2. The second-order valence-corrected chi connectivity index (χ2v) is 9.42. The quantitative estimate of drug-likeness (QED) is 0.546. The second-order valence-electron chi connectivity index (χ2n) is 6.48. The van der Waals surface area contributed by atoms with Gasteiger partial charge in [-0.1, -0.05) is 19.1 Å². The number of benzene rings is 1. The van der Waals surface area contributed by atoms with Crippen LogP contribution in [0.25, 0.3) is 11.5 Å². The average Bonchev–Trinajstić information content (AvgIpc) is 3.35. The number of aromatic nitrogens is 1. The molecule has 1 aromatic carbocycles. The molecule has 8 nitrogen and oxygen atoms in total. The van der Waals surface area contributed by atoms with Crippen LogP contribution >= 0.6 is 11.3 Å². The Kier molecular flexibility index (Phi) is 6.68.